The smallest absolute Gasteiger partial charge is 0.249 e. The van der Waals surface area contributed by atoms with Crippen molar-refractivity contribution >= 4 is 5.91 Å². The summed E-state index contributed by atoms with van der Waals surface area (Å²) >= 11 is 0. The lowest BCUT2D eigenvalue weighted by molar-refractivity contribution is -0.290. The Hall–Kier alpha value is -1.33. The third-order valence-electron chi connectivity index (χ3n) is 9.88. The average molecular weight is 758 g/mol. The van der Waals surface area contributed by atoms with Crippen molar-refractivity contribution in [1.82, 2.24) is 10.6 Å². The number of ether oxygens (including phenoxy) is 6. The van der Waals surface area contributed by atoms with Crippen LogP contribution < -0.4 is 39.3 Å². The molecule has 0 radical (unpaired) electrons. The van der Waals surface area contributed by atoms with Gasteiger partial charge in [0.1, 0.15) is 61.0 Å². The molecule has 1 amide bonds. The number of carbonyl (C=O) groups is 1. The van der Waals surface area contributed by atoms with Crippen LogP contribution >= 0.6 is 0 Å². The van der Waals surface area contributed by atoms with Crippen LogP contribution in [0.1, 0.15) is 25.7 Å². The van der Waals surface area contributed by atoms with Crippen molar-refractivity contribution in [3.63, 3.8) is 0 Å². The highest BCUT2D eigenvalue weighted by molar-refractivity contribution is 5.80. The van der Waals surface area contributed by atoms with E-state index in [1.165, 1.54) is 0 Å². The summed E-state index contributed by atoms with van der Waals surface area (Å²) in [5.74, 6) is -0.808. The molecular weight excluding hydrogens is 698 g/mol. The van der Waals surface area contributed by atoms with E-state index < -0.39 is 135 Å². The van der Waals surface area contributed by atoms with Gasteiger partial charge in [-0.3, -0.25) is 4.79 Å². The van der Waals surface area contributed by atoms with Crippen LogP contribution in [0, 0.1) is 0 Å². The van der Waals surface area contributed by atoms with Crippen LogP contribution in [0.4, 0.5) is 0 Å². The molecule has 4 fully saturated rings. The molecule has 0 bridgehead atoms. The first-order valence-electron chi connectivity index (χ1n) is 17.6. The maximum absolute atomic E-state index is 12.7. The van der Waals surface area contributed by atoms with E-state index in [2.05, 4.69) is 10.6 Å². The zero-order valence-electron chi connectivity index (χ0n) is 28.9. The zero-order valence-corrected chi connectivity index (χ0v) is 28.9. The molecule has 3 saturated heterocycles. The molecule has 1 saturated carbocycles. The van der Waals surface area contributed by atoms with Gasteiger partial charge in [-0.05, 0) is 32.2 Å². The van der Waals surface area contributed by atoms with E-state index in [4.69, 9.17) is 62.2 Å². The second kappa shape index (κ2) is 20.0. The Kier molecular flexibility index (Phi) is 16.7. The molecule has 20 N–H and O–H groups in total. The Bertz CT molecular complexity index is 1090. The molecule has 0 aromatic carbocycles. The third kappa shape index (κ3) is 10.5. The van der Waals surface area contributed by atoms with Gasteiger partial charge in [0.2, 0.25) is 5.91 Å². The number of hydrogen-bond acceptors (Lipinski definition) is 21. The molecule has 0 aromatic heterocycles. The lowest BCUT2D eigenvalue weighted by Crippen LogP contribution is -2.67. The SMILES string of the molecule is NCC[C@H](O)C(=O)N[C@@H]1C[C@H](N)[C@@H](O[C@H]2O[C@H](CNCC(O)CO)CC[C@H]2N)[C@H](O[C@@H]2O[C@H](CO)[C@@H](O[C@H]3O[C@@H](CN)[C@@H](O)[C@H](O)[C@H]3N)[C@H]2O)[C@H]1O. The number of hydrogen-bond donors (Lipinski definition) is 15. The van der Waals surface area contributed by atoms with Gasteiger partial charge in [-0.15, -0.1) is 0 Å². The van der Waals surface area contributed by atoms with Crippen molar-refractivity contribution in [2.24, 2.45) is 28.7 Å². The predicted octanol–water partition coefficient (Wildman–Crippen LogP) is -8.99. The maximum atomic E-state index is 12.7. The molecule has 3 heterocycles. The Morgan fingerprint density at radius 3 is 2.12 bits per heavy atom. The number of amides is 1. The Labute approximate surface area is 300 Å². The van der Waals surface area contributed by atoms with E-state index in [1.54, 1.807) is 0 Å². The summed E-state index contributed by atoms with van der Waals surface area (Å²) in [6.07, 6.45) is -18.4. The van der Waals surface area contributed by atoms with E-state index >= 15 is 0 Å². The first-order valence-corrected chi connectivity index (χ1v) is 17.6. The monoisotopic (exact) mass is 757 g/mol. The fourth-order valence-corrected chi connectivity index (χ4v) is 6.78. The van der Waals surface area contributed by atoms with Gasteiger partial charge >= 0.3 is 0 Å². The van der Waals surface area contributed by atoms with E-state index in [1.807, 2.05) is 0 Å². The predicted molar refractivity (Wildman–Crippen MR) is 176 cm³/mol. The number of carbonyl (C=O) groups excluding carboxylic acids is 1. The minimum Gasteiger partial charge on any atom is -0.394 e. The quantitative estimate of drug-likeness (QED) is 0.0655. The summed E-state index contributed by atoms with van der Waals surface area (Å²) in [5.41, 5.74) is 30.1. The van der Waals surface area contributed by atoms with Gasteiger partial charge in [0.25, 0.3) is 0 Å². The van der Waals surface area contributed by atoms with Crippen molar-refractivity contribution < 1.29 is 74.1 Å². The number of nitrogens with one attached hydrogen (secondary N) is 2. The van der Waals surface area contributed by atoms with Crippen molar-refractivity contribution in [2.45, 2.75) is 142 Å². The molecule has 0 aromatic rings. The highest BCUT2D eigenvalue weighted by atomic mass is 16.8. The number of aliphatic hydroxyl groups excluding tert-OH is 8. The Balaban J connectivity index is 1.53. The number of nitrogens with two attached hydrogens (primary N) is 5. The van der Waals surface area contributed by atoms with Crippen LogP contribution in [0.2, 0.25) is 0 Å². The fraction of sp³-hybridized carbons (Fsp3) is 0.967. The van der Waals surface area contributed by atoms with Crippen LogP contribution in [0.15, 0.2) is 0 Å². The first-order chi connectivity index (χ1) is 24.7. The summed E-state index contributed by atoms with van der Waals surface area (Å²) in [4.78, 5) is 12.7. The minimum absolute atomic E-state index is 0.0263. The molecule has 3 aliphatic heterocycles. The summed E-state index contributed by atoms with van der Waals surface area (Å²) in [5, 5.41) is 88.3. The third-order valence-corrected chi connectivity index (χ3v) is 9.88. The fourth-order valence-electron chi connectivity index (χ4n) is 6.78. The highest BCUT2D eigenvalue weighted by Gasteiger charge is 2.54. The maximum Gasteiger partial charge on any atom is 0.249 e. The van der Waals surface area contributed by atoms with Gasteiger partial charge in [0.05, 0.1) is 43.5 Å². The van der Waals surface area contributed by atoms with Crippen molar-refractivity contribution in [2.75, 3.05) is 39.4 Å². The molecule has 1 aliphatic carbocycles. The summed E-state index contributed by atoms with van der Waals surface area (Å²) in [7, 11) is 0. The van der Waals surface area contributed by atoms with Gasteiger partial charge in [0, 0.05) is 25.7 Å². The van der Waals surface area contributed by atoms with Crippen LogP contribution in [0.5, 0.6) is 0 Å². The molecule has 52 heavy (non-hydrogen) atoms. The summed E-state index contributed by atoms with van der Waals surface area (Å²) in [6.45, 7) is -0.849. The van der Waals surface area contributed by atoms with Crippen LogP contribution in [0.3, 0.4) is 0 Å². The van der Waals surface area contributed by atoms with Gasteiger partial charge < -0.3 is 109 Å². The lowest BCUT2D eigenvalue weighted by Gasteiger charge is -2.46. The van der Waals surface area contributed by atoms with Crippen LogP contribution in [0.25, 0.3) is 0 Å². The normalized spacial score (nSPS) is 44.0. The Morgan fingerprint density at radius 2 is 1.46 bits per heavy atom. The molecule has 4 aliphatic rings. The van der Waals surface area contributed by atoms with Crippen molar-refractivity contribution in [3.05, 3.63) is 0 Å². The first kappa shape index (κ1) is 43.4. The largest absolute Gasteiger partial charge is 0.394 e. The molecule has 22 nitrogen and oxygen atoms in total. The second-order valence-electron chi connectivity index (χ2n) is 13.8. The number of aliphatic hydroxyl groups is 8. The lowest BCUT2D eigenvalue weighted by atomic mass is 9.83. The van der Waals surface area contributed by atoms with E-state index in [0.717, 1.165) is 0 Å². The summed E-state index contributed by atoms with van der Waals surface area (Å²) in [6, 6.07) is -3.94. The molecule has 304 valence electrons. The molecule has 22 heteroatoms. The molecule has 4 rings (SSSR count). The molecule has 19 atom stereocenters. The van der Waals surface area contributed by atoms with Crippen molar-refractivity contribution in [1.29, 1.82) is 0 Å². The minimum atomic E-state index is -1.67. The van der Waals surface area contributed by atoms with E-state index in [0.29, 0.717) is 19.4 Å². The van der Waals surface area contributed by atoms with Crippen LogP contribution in [-0.2, 0) is 33.2 Å². The number of rotatable bonds is 17. The summed E-state index contributed by atoms with van der Waals surface area (Å²) < 4.78 is 35.9. The second-order valence-corrected chi connectivity index (χ2v) is 13.8. The highest BCUT2D eigenvalue weighted by Crippen LogP contribution is 2.34. The van der Waals surface area contributed by atoms with Gasteiger partial charge in [0.15, 0.2) is 18.9 Å². The van der Waals surface area contributed by atoms with Crippen LogP contribution in [-0.4, -0.2) is 202 Å². The van der Waals surface area contributed by atoms with Gasteiger partial charge in [-0.25, -0.2) is 0 Å². The van der Waals surface area contributed by atoms with E-state index in [9.17, 15) is 40.5 Å². The topological polar surface area (TPSA) is 388 Å². The molecule has 1 unspecified atom stereocenters. The van der Waals surface area contributed by atoms with E-state index in [-0.39, 0.29) is 32.5 Å². The Morgan fingerprint density at radius 1 is 0.788 bits per heavy atom. The average Bonchev–Trinajstić information content (AvgIpc) is 3.42. The van der Waals surface area contributed by atoms with Gasteiger partial charge in [-0.1, -0.05) is 0 Å². The van der Waals surface area contributed by atoms with Gasteiger partial charge in [-0.2, -0.15) is 0 Å². The van der Waals surface area contributed by atoms with Crippen molar-refractivity contribution in [3.8, 4) is 0 Å². The molecular formula is C30H59N7O15. The zero-order chi connectivity index (χ0) is 38.3. The standard InChI is InChI=1S/C30H59N7O15/c31-4-3-16(41)27(46)37-15-5-14(34)24(50-28-13(33)2-1-12(47-28)8-36-7-11(40)9-38)26(20(15)42)52-30-23(45)25(18(10-39)49-30)51-29-19(35)22(44)21(43)17(6-32)48-29/h11-26,28-30,36,38-45H,1-10,31-35H2,(H,37,46)/t11?,12-,13+,14-,15+,16-,17-,18+,19+,20-,21+,22+,23+,24+,25+,26+,28+,29+,30-/m0/s1. The molecule has 0 spiro atoms.